The molecule has 0 fully saturated rings. The van der Waals surface area contributed by atoms with Crippen LogP contribution in [-0.4, -0.2) is 24.3 Å². The predicted molar refractivity (Wildman–Crippen MR) is 56.0 cm³/mol. The van der Waals surface area contributed by atoms with Gasteiger partial charge in [-0.15, -0.1) is 0 Å². The van der Waals surface area contributed by atoms with E-state index in [1.807, 2.05) is 0 Å². The maximum absolute atomic E-state index is 10.7. The van der Waals surface area contributed by atoms with Gasteiger partial charge in [-0.1, -0.05) is 26.2 Å². The lowest BCUT2D eigenvalue weighted by molar-refractivity contribution is -0.140. The maximum atomic E-state index is 10.7. The molecular weight excluding hydrogens is 180 g/mol. The Kier molecular flexibility index (Phi) is 8.64. The quantitative estimate of drug-likeness (QED) is 0.485. The van der Waals surface area contributed by atoms with Crippen LogP contribution in [0.25, 0.3) is 0 Å². The minimum atomic E-state index is -0.244. The van der Waals surface area contributed by atoms with Gasteiger partial charge in [-0.3, -0.25) is 4.79 Å². The second-order valence-electron chi connectivity index (χ2n) is 3.62. The van der Waals surface area contributed by atoms with Crippen molar-refractivity contribution in [1.29, 1.82) is 0 Å². The van der Waals surface area contributed by atoms with E-state index in [1.165, 1.54) is 20.0 Å². The van der Waals surface area contributed by atoms with Gasteiger partial charge in [0, 0.05) is 6.42 Å². The molecule has 1 N–H and O–H groups in total. The van der Waals surface area contributed by atoms with Gasteiger partial charge in [0.25, 0.3) is 0 Å². The third-order valence-corrected chi connectivity index (χ3v) is 2.29. The lowest BCUT2D eigenvalue weighted by Gasteiger charge is -2.08. The third-order valence-electron chi connectivity index (χ3n) is 2.29. The van der Waals surface area contributed by atoms with Gasteiger partial charge in [0.15, 0.2) is 0 Å². The van der Waals surface area contributed by atoms with Crippen LogP contribution in [-0.2, 0) is 9.53 Å². The summed E-state index contributed by atoms with van der Waals surface area (Å²) in [6.07, 6.45) is 5.89. The summed E-state index contributed by atoms with van der Waals surface area (Å²) >= 11 is 0. The molecule has 0 aliphatic heterocycles. The molecule has 0 aromatic carbocycles. The monoisotopic (exact) mass is 202 g/mol. The van der Waals surface area contributed by atoms with Crippen LogP contribution in [0, 0.1) is 0 Å². The molecule has 0 amide bonds. The molecule has 84 valence electrons. The number of hydrogen-bond acceptors (Lipinski definition) is 3. The summed E-state index contributed by atoms with van der Waals surface area (Å²) in [5, 5.41) is 9.51. The highest BCUT2D eigenvalue weighted by atomic mass is 16.5. The van der Waals surface area contributed by atoms with Crippen molar-refractivity contribution in [2.45, 2.75) is 58.0 Å². The zero-order valence-electron chi connectivity index (χ0n) is 9.29. The fourth-order valence-corrected chi connectivity index (χ4v) is 1.36. The summed E-state index contributed by atoms with van der Waals surface area (Å²) in [6.45, 7) is 2.14. The van der Waals surface area contributed by atoms with Crippen molar-refractivity contribution in [3.8, 4) is 0 Å². The van der Waals surface area contributed by atoms with E-state index in [1.54, 1.807) is 0 Å². The molecule has 1 atom stereocenters. The Hall–Kier alpha value is -0.570. The third kappa shape index (κ3) is 8.05. The number of aliphatic hydroxyl groups excluding tert-OH is 1. The van der Waals surface area contributed by atoms with Gasteiger partial charge < -0.3 is 9.84 Å². The zero-order valence-corrected chi connectivity index (χ0v) is 9.29. The Morgan fingerprint density at radius 2 is 1.93 bits per heavy atom. The van der Waals surface area contributed by atoms with Crippen LogP contribution in [0.2, 0.25) is 0 Å². The largest absolute Gasteiger partial charge is 0.469 e. The highest BCUT2D eigenvalue weighted by Crippen LogP contribution is 2.09. The minimum absolute atomic E-state index is 0.189. The second-order valence-corrected chi connectivity index (χ2v) is 3.62. The van der Waals surface area contributed by atoms with Crippen LogP contribution in [0.3, 0.4) is 0 Å². The zero-order chi connectivity index (χ0) is 10.8. The molecule has 0 radical (unpaired) electrons. The molecule has 0 aromatic rings. The number of hydrogen-bond donors (Lipinski definition) is 1. The lowest BCUT2D eigenvalue weighted by Crippen LogP contribution is -2.08. The van der Waals surface area contributed by atoms with Gasteiger partial charge in [0.05, 0.1) is 13.2 Å². The smallest absolute Gasteiger partial charge is 0.305 e. The molecule has 0 bridgehead atoms. The number of ether oxygens (including phenoxy) is 1. The van der Waals surface area contributed by atoms with Crippen LogP contribution < -0.4 is 0 Å². The van der Waals surface area contributed by atoms with Crippen LogP contribution in [0.4, 0.5) is 0 Å². The number of methoxy groups -OCH3 is 1. The molecule has 0 aromatic heterocycles. The molecular formula is C11H22O3. The SMILES string of the molecule is CCCCC[C@H](O)CCCC(=O)OC. The van der Waals surface area contributed by atoms with Crippen molar-refractivity contribution in [3.63, 3.8) is 0 Å². The minimum Gasteiger partial charge on any atom is -0.469 e. The lowest BCUT2D eigenvalue weighted by atomic mass is 10.1. The number of esters is 1. The molecule has 3 nitrogen and oxygen atoms in total. The van der Waals surface area contributed by atoms with Crippen LogP contribution >= 0.6 is 0 Å². The maximum Gasteiger partial charge on any atom is 0.305 e. The summed E-state index contributed by atoms with van der Waals surface area (Å²) < 4.78 is 4.51. The Morgan fingerprint density at radius 3 is 2.50 bits per heavy atom. The van der Waals surface area contributed by atoms with Crippen LogP contribution in [0.5, 0.6) is 0 Å². The first-order valence-electron chi connectivity index (χ1n) is 5.45. The van der Waals surface area contributed by atoms with Gasteiger partial charge in [0.2, 0.25) is 0 Å². The van der Waals surface area contributed by atoms with Crippen LogP contribution in [0.1, 0.15) is 51.9 Å². The van der Waals surface area contributed by atoms with Gasteiger partial charge in [0.1, 0.15) is 0 Å². The van der Waals surface area contributed by atoms with E-state index in [4.69, 9.17) is 0 Å². The molecule has 0 aliphatic rings. The van der Waals surface area contributed by atoms with E-state index in [9.17, 15) is 9.90 Å². The average molecular weight is 202 g/mol. The molecule has 0 spiro atoms. The normalized spacial score (nSPS) is 12.5. The summed E-state index contributed by atoms with van der Waals surface area (Å²) in [5.41, 5.74) is 0. The molecule has 0 saturated heterocycles. The van der Waals surface area contributed by atoms with Crippen molar-refractivity contribution in [2.24, 2.45) is 0 Å². The van der Waals surface area contributed by atoms with Crippen molar-refractivity contribution in [1.82, 2.24) is 0 Å². The summed E-state index contributed by atoms with van der Waals surface area (Å²) in [4.78, 5) is 10.7. The Balaban J connectivity index is 3.26. The fourth-order valence-electron chi connectivity index (χ4n) is 1.36. The number of carbonyl (C=O) groups is 1. The standard InChI is InChI=1S/C11H22O3/c1-3-4-5-7-10(12)8-6-9-11(13)14-2/h10,12H,3-9H2,1-2H3/t10-/m0/s1. The Labute approximate surface area is 86.5 Å². The Morgan fingerprint density at radius 1 is 1.29 bits per heavy atom. The predicted octanol–water partition coefficient (Wildman–Crippen LogP) is 2.27. The second kappa shape index (κ2) is 9.00. The molecule has 0 unspecified atom stereocenters. The first-order chi connectivity index (χ1) is 6.70. The van der Waals surface area contributed by atoms with Gasteiger partial charge in [-0.05, 0) is 19.3 Å². The highest BCUT2D eigenvalue weighted by molar-refractivity contribution is 5.68. The van der Waals surface area contributed by atoms with E-state index in [-0.39, 0.29) is 12.1 Å². The molecule has 0 aliphatic carbocycles. The number of rotatable bonds is 8. The van der Waals surface area contributed by atoms with E-state index >= 15 is 0 Å². The first-order valence-corrected chi connectivity index (χ1v) is 5.45. The van der Waals surface area contributed by atoms with E-state index in [2.05, 4.69) is 11.7 Å². The molecule has 0 heterocycles. The molecule has 0 saturated carbocycles. The first kappa shape index (κ1) is 13.4. The molecule has 0 rings (SSSR count). The topological polar surface area (TPSA) is 46.5 Å². The average Bonchev–Trinajstić information content (AvgIpc) is 2.18. The van der Waals surface area contributed by atoms with E-state index < -0.39 is 0 Å². The summed E-state index contributed by atoms with van der Waals surface area (Å²) in [5.74, 6) is -0.189. The number of aliphatic hydroxyl groups is 1. The van der Waals surface area contributed by atoms with E-state index in [0.717, 1.165) is 19.3 Å². The van der Waals surface area contributed by atoms with Crippen molar-refractivity contribution >= 4 is 5.97 Å². The van der Waals surface area contributed by atoms with Gasteiger partial charge in [-0.25, -0.2) is 0 Å². The van der Waals surface area contributed by atoms with Crippen LogP contribution in [0.15, 0.2) is 0 Å². The summed E-state index contributed by atoms with van der Waals surface area (Å²) in [6, 6.07) is 0. The number of unbranched alkanes of at least 4 members (excludes halogenated alkanes) is 2. The van der Waals surface area contributed by atoms with E-state index in [0.29, 0.717) is 12.8 Å². The highest BCUT2D eigenvalue weighted by Gasteiger charge is 2.05. The fraction of sp³-hybridized carbons (Fsp3) is 0.909. The van der Waals surface area contributed by atoms with Gasteiger partial charge in [-0.2, -0.15) is 0 Å². The Bertz CT molecular complexity index is 145. The molecule has 14 heavy (non-hydrogen) atoms. The summed E-state index contributed by atoms with van der Waals surface area (Å²) in [7, 11) is 1.39. The van der Waals surface area contributed by atoms with Gasteiger partial charge >= 0.3 is 5.97 Å². The number of carbonyl (C=O) groups excluding carboxylic acids is 1. The van der Waals surface area contributed by atoms with Crippen molar-refractivity contribution < 1.29 is 14.6 Å². The van der Waals surface area contributed by atoms with Crippen molar-refractivity contribution in [2.75, 3.05) is 7.11 Å². The van der Waals surface area contributed by atoms with Crippen molar-refractivity contribution in [3.05, 3.63) is 0 Å². The molecule has 3 heteroatoms.